The molecule has 0 aromatic heterocycles. The van der Waals surface area contributed by atoms with Crippen LogP contribution in [0.25, 0.3) is 0 Å². The van der Waals surface area contributed by atoms with Gasteiger partial charge in [-0.1, -0.05) is 54.7 Å². The lowest BCUT2D eigenvalue weighted by molar-refractivity contribution is 0.0693. The summed E-state index contributed by atoms with van der Waals surface area (Å²) in [7, 11) is 0. The second-order valence-electron chi connectivity index (χ2n) is 7.55. The first kappa shape index (κ1) is 18.1. The lowest BCUT2D eigenvalue weighted by atomic mass is 9.71. The van der Waals surface area contributed by atoms with Crippen LogP contribution in [-0.4, -0.2) is 13.2 Å². The minimum atomic E-state index is 0.152. The molecule has 0 spiro atoms. The zero-order valence-electron chi connectivity index (χ0n) is 13.9. The van der Waals surface area contributed by atoms with Gasteiger partial charge in [0.25, 0.3) is 0 Å². The first-order valence-electron chi connectivity index (χ1n) is 7.03. The van der Waals surface area contributed by atoms with Gasteiger partial charge in [0.1, 0.15) is 13.2 Å². The molecule has 0 amide bonds. The number of ether oxygens (including phenoxy) is 2. The zero-order valence-corrected chi connectivity index (χ0v) is 13.9. The maximum atomic E-state index is 5.77. The minimum absolute atomic E-state index is 0.152. The van der Waals surface area contributed by atoms with Crippen LogP contribution in [0.2, 0.25) is 0 Å². The van der Waals surface area contributed by atoms with Gasteiger partial charge in [-0.15, -0.1) is 0 Å². The second-order valence-corrected chi connectivity index (χ2v) is 7.55. The molecular formula is C17H32O2. The van der Waals surface area contributed by atoms with E-state index in [0.29, 0.717) is 19.1 Å². The Bertz CT molecular complexity index is 302. The van der Waals surface area contributed by atoms with Crippen molar-refractivity contribution in [2.45, 2.75) is 54.9 Å². The second kappa shape index (κ2) is 7.02. The van der Waals surface area contributed by atoms with E-state index in [-0.39, 0.29) is 10.8 Å². The molecule has 0 aliphatic heterocycles. The molecule has 0 aliphatic carbocycles. The summed E-state index contributed by atoms with van der Waals surface area (Å²) in [6, 6.07) is 0. The molecule has 2 heteroatoms. The highest BCUT2D eigenvalue weighted by Crippen LogP contribution is 2.40. The van der Waals surface area contributed by atoms with Gasteiger partial charge in [-0.25, -0.2) is 0 Å². The summed E-state index contributed by atoms with van der Waals surface area (Å²) in [4.78, 5) is 0. The molecule has 19 heavy (non-hydrogen) atoms. The van der Waals surface area contributed by atoms with Crippen LogP contribution in [0.1, 0.15) is 54.9 Å². The Kier molecular flexibility index (Phi) is 6.68. The Morgan fingerprint density at radius 3 is 1.79 bits per heavy atom. The Balaban J connectivity index is 4.45. The van der Waals surface area contributed by atoms with E-state index in [4.69, 9.17) is 9.47 Å². The molecule has 0 aromatic rings. The van der Waals surface area contributed by atoms with Crippen LogP contribution in [-0.2, 0) is 9.47 Å². The number of rotatable bonds is 7. The number of hydrogen-bond acceptors (Lipinski definition) is 2. The van der Waals surface area contributed by atoms with Gasteiger partial charge >= 0.3 is 0 Å². The standard InChI is InChI=1S/C17H32O2/c1-13(2)18-10-11-19-14(3)15(17(7,8)9)12-16(4,5)6/h15H,1,3,10-12H2,2,4-9H3. The van der Waals surface area contributed by atoms with E-state index in [1.807, 2.05) is 6.92 Å². The smallest absolute Gasteiger partial charge is 0.122 e. The van der Waals surface area contributed by atoms with Gasteiger partial charge in [0.2, 0.25) is 0 Å². The molecule has 0 saturated carbocycles. The van der Waals surface area contributed by atoms with Crippen molar-refractivity contribution in [2.24, 2.45) is 16.7 Å². The van der Waals surface area contributed by atoms with Gasteiger partial charge < -0.3 is 9.47 Å². The Hall–Kier alpha value is -0.920. The third kappa shape index (κ3) is 8.74. The summed E-state index contributed by atoms with van der Waals surface area (Å²) in [6.45, 7) is 24.2. The molecule has 0 fully saturated rings. The molecule has 112 valence electrons. The van der Waals surface area contributed by atoms with Crippen molar-refractivity contribution in [1.82, 2.24) is 0 Å². The molecule has 0 rings (SSSR count). The minimum Gasteiger partial charge on any atom is -0.495 e. The molecule has 0 radical (unpaired) electrons. The largest absolute Gasteiger partial charge is 0.495 e. The molecule has 0 aliphatic rings. The molecule has 0 aromatic carbocycles. The zero-order chi connectivity index (χ0) is 15.3. The van der Waals surface area contributed by atoms with Gasteiger partial charge in [-0.3, -0.25) is 0 Å². The fraction of sp³-hybridized carbons (Fsp3) is 0.765. The van der Waals surface area contributed by atoms with Crippen molar-refractivity contribution in [3.63, 3.8) is 0 Å². The van der Waals surface area contributed by atoms with Crippen LogP contribution >= 0.6 is 0 Å². The summed E-state index contributed by atoms with van der Waals surface area (Å²) in [5.41, 5.74) is 0.415. The molecular weight excluding hydrogens is 236 g/mol. The lowest BCUT2D eigenvalue weighted by Gasteiger charge is -2.36. The number of hydrogen-bond donors (Lipinski definition) is 0. The monoisotopic (exact) mass is 268 g/mol. The predicted molar refractivity (Wildman–Crippen MR) is 82.9 cm³/mol. The van der Waals surface area contributed by atoms with Gasteiger partial charge in [-0.2, -0.15) is 0 Å². The molecule has 0 saturated heterocycles. The summed E-state index contributed by atoms with van der Waals surface area (Å²) in [5.74, 6) is 1.93. The van der Waals surface area contributed by atoms with E-state index >= 15 is 0 Å². The van der Waals surface area contributed by atoms with E-state index in [1.54, 1.807) is 0 Å². The van der Waals surface area contributed by atoms with Gasteiger partial charge in [0, 0.05) is 5.92 Å². The summed E-state index contributed by atoms with van der Waals surface area (Å²) < 4.78 is 11.1. The third-order valence-corrected chi connectivity index (χ3v) is 2.97. The fourth-order valence-corrected chi connectivity index (χ4v) is 2.00. The van der Waals surface area contributed by atoms with Crippen LogP contribution in [0.3, 0.4) is 0 Å². The highest BCUT2D eigenvalue weighted by Gasteiger charge is 2.32. The van der Waals surface area contributed by atoms with Crippen molar-refractivity contribution >= 4 is 0 Å². The van der Waals surface area contributed by atoms with E-state index in [2.05, 4.69) is 54.7 Å². The van der Waals surface area contributed by atoms with Crippen LogP contribution in [0.5, 0.6) is 0 Å². The maximum absolute atomic E-state index is 5.77. The highest BCUT2D eigenvalue weighted by atomic mass is 16.5. The van der Waals surface area contributed by atoms with E-state index in [1.165, 1.54) is 0 Å². The van der Waals surface area contributed by atoms with Gasteiger partial charge in [0.05, 0.1) is 11.5 Å². The fourth-order valence-electron chi connectivity index (χ4n) is 2.00. The van der Waals surface area contributed by atoms with Crippen molar-refractivity contribution in [1.29, 1.82) is 0 Å². The first-order chi connectivity index (χ1) is 8.43. The third-order valence-electron chi connectivity index (χ3n) is 2.97. The lowest BCUT2D eigenvalue weighted by Crippen LogP contribution is -2.28. The average Bonchev–Trinajstić information content (AvgIpc) is 2.17. The van der Waals surface area contributed by atoms with Gasteiger partial charge in [0.15, 0.2) is 0 Å². The van der Waals surface area contributed by atoms with Crippen LogP contribution in [0.15, 0.2) is 24.7 Å². The van der Waals surface area contributed by atoms with Crippen LogP contribution in [0.4, 0.5) is 0 Å². The van der Waals surface area contributed by atoms with Crippen molar-refractivity contribution in [3.8, 4) is 0 Å². The molecule has 0 heterocycles. The maximum Gasteiger partial charge on any atom is 0.122 e. The van der Waals surface area contributed by atoms with Crippen LogP contribution < -0.4 is 0 Å². The molecule has 1 atom stereocenters. The number of allylic oxidation sites excluding steroid dienone is 2. The van der Waals surface area contributed by atoms with Gasteiger partial charge in [-0.05, 0) is 24.2 Å². The molecule has 0 bridgehead atoms. The summed E-state index contributed by atoms with van der Waals surface area (Å²) in [5, 5.41) is 0. The van der Waals surface area contributed by atoms with E-state index < -0.39 is 0 Å². The molecule has 2 nitrogen and oxygen atoms in total. The molecule has 1 unspecified atom stereocenters. The Morgan fingerprint density at radius 1 is 0.947 bits per heavy atom. The Labute approximate surface area is 119 Å². The highest BCUT2D eigenvalue weighted by molar-refractivity contribution is 4.99. The van der Waals surface area contributed by atoms with Crippen LogP contribution in [0, 0.1) is 16.7 Å². The first-order valence-corrected chi connectivity index (χ1v) is 7.03. The topological polar surface area (TPSA) is 18.5 Å². The quantitative estimate of drug-likeness (QED) is 0.468. The summed E-state index contributed by atoms with van der Waals surface area (Å²) >= 11 is 0. The van der Waals surface area contributed by atoms with E-state index in [0.717, 1.165) is 17.9 Å². The SMILES string of the molecule is C=C(C)OCCOC(=C)C(CC(C)(C)C)C(C)(C)C. The summed E-state index contributed by atoms with van der Waals surface area (Å²) in [6.07, 6.45) is 1.07. The van der Waals surface area contributed by atoms with Crippen molar-refractivity contribution < 1.29 is 9.47 Å². The van der Waals surface area contributed by atoms with E-state index in [9.17, 15) is 0 Å². The normalized spacial score (nSPS) is 13.8. The molecule has 0 N–H and O–H groups in total. The predicted octanol–water partition coefficient (Wildman–Crippen LogP) is 5.17. The average molecular weight is 268 g/mol. The van der Waals surface area contributed by atoms with Crippen molar-refractivity contribution in [3.05, 3.63) is 24.7 Å². The van der Waals surface area contributed by atoms with Crippen molar-refractivity contribution in [2.75, 3.05) is 13.2 Å². The Morgan fingerprint density at radius 2 is 1.42 bits per heavy atom.